The Morgan fingerprint density at radius 1 is 0.625 bits per heavy atom. The predicted molar refractivity (Wildman–Crippen MR) is 197 cm³/mol. The van der Waals surface area contributed by atoms with Gasteiger partial charge in [0.1, 0.15) is 24.4 Å². The number of hydrogen-bond donors (Lipinski definition) is 0. The Bertz CT molecular complexity index is 1890. The zero-order chi connectivity index (χ0) is 38.9. The highest BCUT2D eigenvalue weighted by Crippen LogP contribution is 2.38. The molecule has 13 heteroatoms. The van der Waals surface area contributed by atoms with Crippen molar-refractivity contribution in [2.45, 2.75) is 61.6 Å². The third-order valence-corrected chi connectivity index (χ3v) is 9.44. The molecule has 56 heavy (non-hydrogen) atoms. The zero-order valence-corrected chi connectivity index (χ0v) is 30.5. The van der Waals surface area contributed by atoms with Crippen LogP contribution in [0.4, 0.5) is 0 Å². The fourth-order valence-corrected chi connectivity index (χ4v) is 6.73. The maximum atomic E-state index is 13.7. The van der Waals surface area contributed by atoms with Crippen molar-refractivity contribution >= 4 is 17.9 Å². The Morgan fingerprint density at radius 3 is 1.64 bits per heavy atom. The average Bonchev–Trinajstić information content (AvgIpc) is 3.25. The summed E-state index contributed by atoms with van der Waals surface area (Å²) in [5, 5.41) is 0. The van der Waals surface area contributed by atoms with Crippen molar-refractivity contribution < 1.29 is 61.8 Å². The summed E-state index contributed by atoms with van der Waals surface area (Å²) < 4.78 is 61.9. The van der Waals surface area contributed by atoms with Crippen LogP contribution in [-0.4, -0.2) is 100 Å². The van der Waals surface area contributed by atoms with E-state index in [1.54, 1.807) is 97.1 Å². The lowest BCUT2D eigenvalue weighted by Gasteiger charge is -2.50. The summed E-state index contributed by atoms with van der Waals surface area (Å²) in [7, 11) is 1.38. The number of hydrogen-bond acceptors (Lipinski definition) is 13. The number of methoxy groups -OCH3 is 1. The van der Waals surface area contributed by atoms with Crippen LogP contribution < -0.4 is 0 Å². The van der Waals surface area contributed by atoms with E-state index in [4.69, 9.17) is 47.4 Å². The van der Waals surface area contributed by atoms with Crippen LogP contribution in [0.5, 0.6) is 0 Å². The van der Waals surface area contributed by atoms with Gasteiger partial charge < -0.3 is 47.4 Å². The van der Waals surface area contributed by atoms with Gasteiger partial charge in [-0.3, -0.25) is 0 Å². The van der Waals surface area contributed by atoms with E-state index in [0.29, 0.717) is 0 Å². The predicted octanol–water partition coefficient (Wildman–Crippen LogP) is 5.46. The molecule has 13 nitrogen and oxygen atoms in total. The number of ether oxygens (including phenoxy) is 10. The topological polar surface area (TPSA) is 144 Å². The molecule has 0 N–H and O–H groups in total. The first-order valence-corrected chi connectivity index (χ1v) is 18.2. The third kappa shape index (κ3) is 9.06. The second kappa shape index (κ2) is 18.6. The Labute approximate surface area is 323 Å². The lowest BCUT2D eigenvalue weighted by Crippen LogP contribution is -2.66. The summed E-state index contributed by atoms with van der Waals surface area (Å²) in [6, 6.07) is 34.5. The minimum atomic E-state index is -1.37. The van der Waals surface area contributed by atoms with Crippen molar-refractivity contribution in [2.75, 3.05) is 26.9 Å². The molecule has 0 aromatic heterocycles. The highest BCUT2D eigenvalue weighted by atomic mass is 16.8. The van der Waals surface area contributed by atoms with Crippen LogP contribution in [0.2, 0.25) is 0 Å². The van der Waals surface area contributed by atoms with Gasteiger partial charge in [0.15, 0.2) is 37.2 Å². The second-order valence-electron chi connectivity index (χ2n) is 13.1. The molecule has 3 fully saturated rings. The van der Waals surface area contributed by atoms with E-state index in [1.165, 1.54) is 7.11 Å². The number of esters is 3. The molecule has 4 aromatic carbocycles. The van der Waals surface area contributed by atoms with Crippen LogP contribution in [0.3, 0.4) is 0 Å². The van der Waals surface area contributed by atoms with Crippen molar-refractivity contribution in [1.82, 2.24) is 0 Å². The van der Waals surface area contributed by atoms with E-state index in [0.717, 1.165) is 5.56 Å². The molecule has 0 amide bonds. The van der Waals surface area contributed by atoms with E-state index >= 15 is 0 Å². The molecule has 1 unspecified atom stereocenters. The van der Waals surface area contributed by atoms with Crippen LogP contribution in [0, 0.1) is 0 Å². The number of benzene rings is 4. The molecule has 3 heterocycles. The molecule has 7 rings (SSSR count). The van der Waals surface area contributed by atoms with E-state index in [1.807, 2.05) is 30.3 Å². The second-order valence-corrected chi connectivity index (χ2v) is 13.1. The molecular formula is C43H42O13. The number of carbonyl (C=O) groups excluding carboxylic acids is 3. The van der Waals surface area contributed by atoms with Gasteiger partial charge in [-0.1, -0.05) is 91.0 Å². The normalized spacial score (nSPS) is 28.6. The Hall–Kier alpha value is -5.25. The van der Waals surface area contributed by atoms with Gasteiger partial charge in [0.2, 0.25) is 0 Å². The van der Waals surface area contributed by atoms with Gasteiger partial charge in [-0.2, -0.15) is 0 Å². The fraction of sp³-hybridized carbons (Fsp3) is 0.326. The first kappa shape index (κ1) is 39.0. The molecule has 0 radical (unpaired) electrons. The highest BCUT2D eigenvalue weighted by Gasteiger charge is 2.55. The van der Waals surface area contributed by atoms with Gasteiger partial charge in [-0.15, -0.1) is 6.58 Å². The van der Waals surface area contributed by atoms with Gasteiger partial charge in [-0.05, 0) is 36.4 Å². The molecule has 3 saturated heterocycles. The van der Waals surface area contributed by atoms with Gasteiger partial charge in [0.25, 0.3) is 0 Å². The van der Waals surface area contributed by atoms with Gasteiger partial charge >= 0.3 is 17.9 Å². The summed E-state index contributed by atoms with van der Waals surface area (Å²) >= 11 is 0. The van der Waals surface area contributed by atoms with Crippen molar-refractivity contribution in [3.05, 3.63) is 156 Å². The maximum Gasteiger partial charge on any atom is 0.338 e. The molecule has 0 spiro atoms. The van der Waals surface area contributed by atoms with Crippen LogP contribution in [-0.2, 0) is 47.4 Å². The monoisotopic (exact) mass is 766 g/mol. The summed E-state index contributed by atoms with van der Waals surface area (Å²) in [6.45, 7) is 3.73. The average molecular weight is 767 g/mol. The molecule has 0 bridgehead atoms. The molecule has 3 aliphatic heterocycles. The first-order chi connectivity index (χ1) is 27.4. The number of fused-ring (bicyclic) bond motifs is 1. The summed E-state index contributed by atoms with van der Waals surface area (Å²) in [6.07, 6.45) is -9.30. The molecule has 0 saturated carbocycles. The minimum absolute atomic E-state index is 0.0635. The van der Waals surface area contributed by atoms with Crippen molar-refractivity contribution in [1.29, 1.82) is 0 Å². The summed E-state index contributed by atoms with van der Waals surface area (Å²) in [5.74, 6) is -2.10. The van der Waals surface area contributed by atoms with Crippen LogP contribution in [0.1, 0.15) is 42.9 Å². The van der Waals surface area contributed by atoms with Crippen molar-refractivity contribution in [3.63, 3.8) is 0 Å². The molecule has 292 valence electrons. The van der Waals surface area contributed by atoms with Crippen molar-refractivity contribution in [2.24, 2.45) is 0 Å². The SMILES string of the molecule is C=CCO[C@H]1[C@H]2OC(c3ccccc3)OC[C@H]2O[C@H](O[C@@H]2CO[C@@H](OC)[C@H](OC(=O)c3ccccc3)[C@H]2OC(=O)c2ccccc2)[C@@H]1OC(=O)c1ccccc1. The Kier molecular flexibility index (Phi) is 12.9. The van der Waals surface area contributed by atoms with Crippen molar-refractivity contribution in [3.8, 4) is 0 Å². The highest BCUT2D eigenvalue weighted by molar-refractivity contribution is 5.90. The lowest BCUT2D eigenvalue weighted by atomic mass is 9.96. The Balaban J connectivity index is 1.22. The summed E-state index contributed by atoms with van der Waals surface area (Å²) in [5.41, 5.74) is 1.54. The fourth-order valence-electron chi connectivity index (χ4n) is 6.73. The Morgan fingerprint density at radius 2 is 1.12 bits per heavy atom. The maximum absolute atomic E-state index is 13.7. The van der Waals surface area contributed by atoms with Crippen LogP contribution in [0.15, 0.2) is 134 Å². The van der Waals surface area contributed by atoms with E-state index in [9.17, 15) is 14.4 Å². The smallest absolute Gasteiger partial charge is 0.338 e. The van der Waals surface area contributed by atoms with E-state index in [-0.39, 0.29) is 36.5 Å². The zero-order valence-electron chi connectivity index (χ0n) is 30.5. The standard InChI is InChI=1S/C43H42O13/c1-3-24-48-35-33-31(25-49-41(56-33)30-22-14-7-15-23-30)51-43(37(35)55-40(46)29-20-12-6-13-21-29)52-32-26-50-42(47-2)36(54-39(45)28-18-10-5-11-19-28)34(32)53-38(44)27-16-8-4-9-17-27/h3-23,31-37,41-43H,1,24-26H2,2H3/t31-,32-,33+,34+,35+,36-,37-,41?,42-,43-/m1/s1. The summed E-state index contributed by atoms with van der Waals surface area (Å²) in [4.78, 5) is 40.8. The third-order valence-electron chi connectivity index (χ3n) is 9.44. The molecule has 3 aliphatic rings. The number of rotatable bonds is 13. The molecule has 4 aromatic rings. The quantitative estimate of drug-likeness (QED) is 0.0966. The van der Waals surface area contributed by atoms with E-state index in [2.05, 4.69) is 6.58 Å². The van der Waals surface area contributed by atoms with E-state index < -0.39 is 79.5 Å². The lowest BCUT2D eigenvalue weighted by molar-refractivity contribution is -0.379. The van der Waals surface area contributed by atoms with Crippen LogP contribution in [0.25, 0.3) is 0 Å². The molecule has 10 atom stereocenters. The molecular weight excluding hydrogens is 724 g/mol. The first-order valence-electron chi connectivity index (χ1n) is 18.2. The molecule has 0 aliphatic carbocycles. The number of carbonyl (C=O) groups is 3. The van der Waals surface area contributed by atoms with Gasteiger partial charge in [0, 0.05) is 12.7 Å². The largest absolute Gasteiger partial charge is 0.452 e. The van der Waals surface area contributed by atoms with Gasteiger partial charge in [0.05, 0.1) is 36.5 Å². The van der Waals surface area contributed by atoms with Crippen LogP contribution >= 0.6 is 0 Å². The minimum Gasteiger partial charge on any atom is -0.452 e. The van der Waals surface area contributed by atoms with Gasteiger partial charge in [-0.25, -0.2) is 14.4 Å².